The molecule has 0 aliphatic heterocycles. The maximum Gasteiger partial charge on any atom is 0.308 e. The second-order valence-corrected chi connectivity index (χ2v) is 10.2. The minimum atomic E-state index is -1.17. The van der Waals surface area contributed by atoms with Gasteiger partial charge in [-0.05, 0) is 54.8 Å². The van der Waals surface area contributed by atoms with E-state index in [1.54, 1.807) is 48.6 Å². The first-order chi connectivity index (χ1) is 20.1. The van der Waals surface area contributed by atoms with Crippen molar-refractivity contribution in [1.29, 1.82) is 0 Å². The summed E-state index contributed by atoms with van der Waals surface area (Å²) in [5.41, 5.74) is 4.59. The fourth-order valence-electron chi connectivity index (χ4n) is 4.94. The van der Waals surface area contributed by atoms with Crippen molar-refractivity contribution in [2.45, 2.75) is 58.2 Å². The summed E-state index contributed by atoms with van der Waals surface area (Å²) in [7, 11) is 0. The number of hydrogen-bond donors (Lipinski definition) is 2. The molecule has 9 nitrogen and oxygen atoms in total. The van der Waals surface area contributed by atoms with Gasteiger partial charge in [0.25, 0.3) is 5.09 Å². The second-order valence-electron chi connectivity index (χ2n) is 10.2. The number of aliphatic hydroxyl groups excluding tert-OH is 2. The number of fused-ring (bicyclic) bond motifs is 1. The van der Waals surface area contributed by atoms with E-state index in [4.69, 9.17) is 4.74 Å². The number of nitrogens with zero attached hydrogens (tertiary/aromatic N) is 2. The van der Waals surface area contributed by atoms with Crippen LogP contribution in [0.3, 0.4) is 0 Å². The summed E-state index contributed by atoms with van der Waals surface area (Å²) in [5.74, 6) is -1.01. The van der Waals surface area contributed by atoms with E-state index < -0.39 is 23.3 Å². The molecule has 4 aromatic rings. The molecule has 42 heavy (non-hydrogen) atoms. The zero-order chi connectivity index (χ0) is 30.2. The van der Waals surface area contributed by atoms with Crippen molar-refractivity contribution in [1.82, 2.24) is 4.57 Å². The van der Waals surface area contributed by atoms with Gasteiger partial charge in [0, 0.05) is 34.6 Å². The minimum Gasteiger partial charge on any atom is -0.461 e. The van der Waals surface area contributed by atoms with E-state index in [0.717, 1.165) is 27.7 Å². The van der Waals surface area contributed by atoms with Crippen molar-refractivity contribution in [3.8, 4) is 11.1 Å². The first-order valence-corrected chi connectivity index (χ1v) is 13.6. The zero-order valence-corrected chi connectivity index (χ0v) is 23.4. The van der Waals surface area contributed by atoms with Crippen LogP contribution in [0.2, 0.25) is 0 Å². The number of carbonyl (C=O) groups excluding carboxylic acids is 1. The predicted molar refractivity (Wildman–Crippen MR) is 156 cm³/mol. The van der Waals surface area contributed by atoms with Crippen molar-refractivity contribution in [2.24, 2.45) is 0 Å². The zero-order valence-electron chi connectivity index (χ0n) is 23.4. The molecule has 1 heterocycles. The Labute approximate surface area is 242 Å². The van der Waals surface area contributed by atoms with Crippen molar-refractivity contribution < 1.29 is 34.1 Å². The van der Waals surface area contributed by atoms with Crippen LogP contribution in [0.5, 0.6) is 0 Å². The summed E-state index contributed by atoms with van der Waals surface area (Å²) in [6, 6.07) is 20.9. The number of aliphatic hydroxyl groups is 2. The number of hydrogen-bond acceptors (Lipinski definition) is 7. The van der Waals surface area contributed by atoms with Gasteiger partial charge >= 0.3 is 5.97 Å². The van der Waals surface area contributed by atoms with Crippen molar-refractivity contribution in [2.75, 3.05) is 0 Å². The number of para-hydroxylation sites is 1. The van der Waals surface area contributed by atoms with Crippen LogP contribution < -0.4 is 0 Å². The van der Waals surface area contributed by atoms with Gasteiger partial charge < -0.3 is 24.4 Å². The molecule has 0 saturated heterocycles. The number of halogens is 1. The third-order valence-electron chi connectivity index (χ3n) is 6.82. The van der Waals surface area contributed by atoms with E-state index in [1.807, 2.05) is 24.3 Å². The van der Waals surface area contributed by atoms with Crippen LogP contribution in [0.25, 0.3) is 28.1 Å². The van der Waals surface area contributed by atoms with E-state index in [0.29, 0.717) is 11.1 Å². The summed E-state index contributed by atoms with van der Waals surface area (Å²) in [5, 5.41) is 31.8. The SMILES string of the molecule is CC(C)n1c(C=C[C@@H](O)C[C@@H](O)CC(=O)OCc2ccccc2CO[N+](=O)[O-])c(-c2ccc(F)cc2)c2ccccc21. The summed E-state index contributed by atoms with van der Waals surface area (Å²) < 4.78 is 21.1. The smallest absolute Gasteiger partial charge is 0.308 e. The summed E-state index contributed by atoms with van der Waals surface area (Å²) in [6.45, 7) is 3.69. The molecule has 0 aliphatic carbocycles. The number of aromatic nitrogens is 1. The predicted octanol–water partition coefficient (Wildman–Crippen LogP) is 6.00. The molecule has 4 rings (SSSR count). The van der Waals surface area contributed by atoms with Crippen LogP contribution >= 0.6 is 0 Å². The van der Waals surface area contributed by atoms with Crippen molar-refractivity contribution >= 4 is 22.9 Å². The Hall–Kier alpha value is -4.54. The van der Waals surface area contributed by atoms with E-state index in [-0.39, 0.29) is 37.9 Å². The topological polar surface area (TPSA) is 124 Å². The molecule has 0 amide bonds. The molecule has 1 aromatic heterocycles. The molecule has 0 unspecified atom stereocenters. The second kappa shape index (κ2) is 13.9. The molecular weight excluding hydrogens is 543 g/mol. The van der Waals surface area contributed by atoms with Gasteiger partial charge in [0.05, 0.1) is 18.6 Å². The summed E-state index contributed by atoms with van der Waals surface area (Å²) in [4.78, 5) is 27.3. The number of ether oxygens (including phenoxy) is 1. The lowest BCUT2D eigenvalue weighted by Crippen LogP contribution is -2.21. The quantitative estimate of drug-likeness (QED) is 0.114. The van der Waals surface area contributed by atoms with E-state index in [1.165, 1.54) is 12.1 Å². The van der Waals surface area contributed by atoms with Gasteiger partial charge in [-0.1, -0.05) is 60.7 Å². The van der Waals surface area contributed by atoms with Gasteiger partial charge in [0.1, 0.15) is 19.0 Å². The highest BCUT2D eigenvalue weighted by molar-refractivity contribution is 6.01. The highest BCUT2D eigenvalue weighted by atomic mass is 19.1. The first kappa shape index (κ1) is 30.4. The van der Waals surface area contributed by atoms with Crippen LogP contribution in [0.4, 0.5) is 4.39 Å². The van der Waals surface area contributed by atoms with Crippen LogP contribution in [-0.4, -0.2) is 38.0 Å². The van der Waals surface area contributed by atoms with Crippen molar-refractivity contribution in [3.05, 3.63) is 112 Å². The Balaban J connectivity index is 1.44. The number of carbonyl (C=O) groups is 1. The van der Waals surface area contributed by atoms with Crippen LogP contribution in [0, 0.1) is 15.9 Å². The molecule has 0 spiro atoms. The molecule has 10 heteroatoms. The fraction of sp³-hybridized carbons (Fsp3) is 0.281. The van der Waals surface area contributed by atoms with Crippen LogP contribution in [0.15, 0.2) is 78.9 Å². The lowest BCUT2D eigenvalue weighted by atomic mass is 10.0. The Morgan fingerprint density at radius 1 is 1.00 bits per heavy atom. The van der Waals surface area contributed by atoms with Gasteiger partial charge in [0.2, 0.25) is 0 Å². The summed E-state index contributed by atoms with van der Waals surface area (Å²) >= 11 is 0. The third-order valence-corrected chi connectivity index (χ3v) is 6.82. The molecule has 2 atom stereocenters. The molecule has 0 saturated carbocycles. The van der Waals surface area contributed by atoms with Gasteiger partial charge in [-0.2, -0.15) is 0 Å². The Morgan fingerprint density at radius 2 is 1.64 bits per heavy atom. The number of rotatable bonds is 13. The lowest BCUT2D eigenvalue weighted by Gasteiger charge is -2.15. The molecular formula is C32H33FN2O7. The standard InChI is InChI=1S/C32H33FN2O7/c1-21(2)34-29-10-6-5-9-28(29)32(22-11-13-25(33)14-12-22)30(34)16-15-26(36)17-27(37)18-31(38)41-19-23-7-3-4-8-24(23)20-42-35(39)40/h3-16,21,26-27,36-37H,17-20H2,1-2H3/t26-,27-/m1/s1. The molecule has 0 aliphatic rings. The number of esters is 1. The maximum absolute atomic E-state index is 13.7. The van der Waals surface area contributed by atoms with Gasteiger partial charge in [-0.25, -0.2) is 4.39 Å². The Kier molecular flexibility index (Phi) is 10.1. The number of benzene rings is 3. The van der Waals surface area contributed by atoms with E-state index in [2.05, 4.69) is 23.3 Å². The van der Waals surface area contributed by atoms with Crippen LogP contribution in [-0.2, 0) is 27.6 Å². The van der Waals surface area contributed by atoms with Gasteiger partial charge in [-0.15, -0.1) is 10.1 Å². The minimum absolute atomic E-state index is 0.0810. The van der Waals surface area contributed by atoms with Gasteiger partial charge in [0.15, 0.2) is 0 Å². The molecule has 0 fully saturated rings. The molecule has 0 bridgehead atoms. The average molecular weight is 577 g/mol. The average Bonchev–Trinajstić information content (AvgIpc) is 3.29. The lowest BCUT2D eigenvalue weighted by molar-refractivity contribution is -0.763. The third kappa shape index (κ3) is 7.59. The van der Waals surface area contributed by atoms with E-state index in [9.17, 15) is 29.5 Å². The monoisotopic (exact) mass is 576 g/mol. The Bertz CT molecular complexity index is 1560. The van der Waals surface area contributed by atoms with Crippen molar-refractivity contribution in [3.63, 3.8) is 0 Å². The summed E-state index contributed by atoms with van der Waals surface area (Å²) in [6.07, 6.45) is 0.682. The fourth-order valence-corrected chi connectivity index (χ4v) is 4.94. The first-order valence-electron chi connectivity index (χ1n) is 13.6. The van der Waals surface area contributed by atoms with Gasteiger partial charge in [-0.3, -0.25) is 4.79 Å². The highest BCUT2D eigenvalue weighted by Gasteiger charge is 2.20. The van der Waals surface area contributed by atoms with Crippen LogP contribution in [0.1, 0.15) is 49.6 Å². The Morgan fingerprint density at radius 3 is 2.31 bits per heavy atom. The van der Waals surface area contributed by atoms with E-state index >= 15 is 0 Å². The normalized spacial score (nSPS) is 13.0. The largest absolute Gasteiger partial charge is 0.461 e. The molecule has 2 N–H and O–H groups in total. The molecule has 0 radical (unpaired) electrons. The maximum atomic E-state index is 13.7. The molecule has 3 aromatic carbocycles. The molecule has 220 valence electrons. The highest BCUT2D eigenvalue weighted by Crippen LogP contribution is 2.38.